The van der Waals surface area contributed by atoms with Crippen LogP contribution in [-0.2, 0) is 17.8 Å². The minimum absolute atomic E-state index is 0.124. The van der Waals surface area contributed by atoms with Gasteiger partial charge in [-0.1, -0.05) is 36.0 Å². The molecule has 0 aliphatic carbocycles. The molecular formula is C18H19N5OS. The molecule has 0 unspecified atom stereocenters. The van der Waals surface area contributed by atoms with E-state index in [0.717, 1.165) is 24.4 Å². The third kappa shape index (κ3) is 3.24. The first-order chi connectivity index (χ1) is 12.1. The lowest BCUT2D eigenvalue weighted by Crippen LogP contribution is -2.37. The molecule has 4 rings (SSSR count). The van der Waals surface area contributed by atoms with Gasteiger partial charge in [-0.3, -0.25) is 4.79 Å². The number of aromatic nitrogens is 4. The van der Waals surface area contributed by atoms with E-state index in [1.54, 1.807) is 4.52 Å². The van der Waals surface area contributed by atoms with Crippen LogP contribution in [-0.4, -0.2) is 42.7 Å². The second-order valence-corrected chi connectivity index (χ2v) is 7.21. The van der Waals surface area contributed by atoms with Gasteiger partial charge < -0.3 is 4.90 Å². The fraction of sp³-hybridized carbons (Fsp3) is 0.333. The normalized spacial score (nSPS) is 13.9. The van der Waals surface area contributed by atoms with Crippen molar-refractivity contribution in [2.75, 3.05) is 12.3 Å². The summed E-state index contributed by atoms with van der Waals surface area (Å²) in [5.41, 5.74) is 4.49. The third-order valence-corrected chi connectivity index (χ3v) is 5.23. The van der Waals surface area contributed by atoms with Crippen LogP contribution in [0.1, 0.15) is 22.5 Å². The van der Waals surface area contributed by atoms with E-state index in [1.165, 1.54) is 22.9 Å². The summed E-state index contributed by atoms with van der Waals surface area (Å²) in [6, 6.07) is 10.3. The van der Waals surface area contributed by atoms with Gasteiger partial charge in [0.05, 0.1) is 5.75 Å². The first-order valence-electron chi connectivity index (χ1n) is 8.28. The standard InChI is InChI=1S/C18H19N5OS/c1-12-9-13(2)23-17(19-12)20-18(21-23)25-11-16(24)22-8-7-14-5-3-4-6-15(14)10-22/h3-6,9H,7-8,10-11H2,1-2H3. The Morgan fingerprint density at radius 1 is 1.20 bits per heavy atom. The van der Waals surface area contributed by atoms with Crippen LogP contribution in [0.4, 0.5) is 0 Å². The molecule has 0 fully saturated rings. The number of carbonyl (C=O) groups excluding carboxylic acids is 1. The molecule has 0 bridgehead atoms. The second-order valence-electron chi connectivity index (χ2n) is 6.27. The summed E-state index contributed by atoms with van der Waals surface area (Å²) in [6.07, 6.45) is 0.918. The summed E-state index contributed by atoms with van der Waals surface area (Å²) in [6.45, 7) is 5.37. The number of aryl methyl sites for hydroxylation is 2. The number of thioether (sulfide) groups is 1. The van der Waals surface area contributed by atoms with Crippen LogP contribution in [0.25, 0.3) is 5.78 Å². The quantitative estimate of drug-likeness (QED) is 0.677. The molecule has 0 radical (unpaired) electrons. The monoisotopic (exact) mass is 353 g/mol. The Morgan fingerprint density at radius 3 is 2.84 bits per heavy atom. The minimum atomic E-state index is 0.124. The zero-order valence-electron chi connectivity index (χ0n) is 14.3. The Kier molecular flexibility index (Phi) is 4.17. The number of hydrogen-bond acceptors (Lipinski definition) is 5. The maximum absolute atomic E-state index is 12.5. The first-order valence-corrected chi connectivity index (χ1v) is 9.27. The molecular weight excluding hydrogens is 334 g/mol. The van der Waals surface area contributed by atoms with Crippen LogP contribution < -0.4 is 0 Å². The zero-order chi connectivity index (χ0) is 17.4. The molecule has 0 saturated carbocycles. The number of nitrogens with zero attached hydrogens (tertiary/aromatic N) is 5. The van der Waals surface area contributed by atoms with Gasteiger partial charge in [-0.15, -0.1) is 5.10 Å². The fourth-order valence-corrected chi connectivity index (χ4v) is 3.86. The molecule has 2 aromatic heterocycles. The summed E-state index contributed by atoms with van der Waals surface area (Å²) in [4.78, 5) is 23.3. The Labute approximate surface area is 150 Å². The zero-order valence-corrected chi connectivity index (χ0v) is 15.1. The molecule has 0 N–H and O–H groups in total. The SMILES string of the molecule is Cc1cc(C)n2nc(SCC(=O)N3CCc4ccccc4C3)nc2n1. The van der Waals surface area contributed by atoms with Crippen molar-refractivity contribution in [2.45, 2.75) is 32.0 Å². The van der Waals surface area contributed by atoms with E-state index >= 15 is 0 Å². The molecule has 0 saturated heterocycles. The lowest BCUT2D eigenvalue weighted by atomic mass is 10.00. The highest BCUT2D eigenvalue weighted by Crippen LogP contribution is 2.21. The van der Waals surface area contributed by atoms with Crippen LogP contribution in [0.5, 0.6) is 0 Å². The molecule has 3 aromatic rings. The van der Waals surface area contributed by atoms with Crippen molar-refractivity contribution in [3.63, 3.8) is 0 Å². The largest absolute Gasteiger partial charge is 0.337 e. The summed E-state index contributed by atoms with van der Waals surface area (Å²) < 4.78 is 1.72. The van der Waals surface area contributed by atoms with E-state index in [4.69, 9.17) is 0 Å². The molecule has 25 heavy (non-hydrogen) atoms. The van der Waals surface area contributed by atoms with Crippen LogP contribution in [0.15, 0.2) is 35.5 Å². The fourth-order valence-electron chi connectivity index (χ4n) is 3.14. The Hall–Kier alpha value is -2.41. The highest BCUT2D eigenvalue weighted by atomic mass is 32.2. The van der Waals surface area contributed by atoms with Gasteiger partial charge in [0.25, 0.3) is 5.78 Å². The van der Waals surface area contributed by atoms with Crippen LogP contribution in [0.3, 0.4) is 0 Å². The van der Waals surface area contributed by atoms with Crippen LogP contribution >= 0.6 is 11.8 Å². The van der Waals surface area contributed by atoms with Gasteiger partial charge in [-0.25, -0.2) is 9.50 Å². The maximum Gasteiger partial charge on any atom is 0.253 e. The molecule has 3 heterocycles. The average molecular weight is 353 g/mol. The minimum Gasteiger partial charge on any atom is -0.337 e. The number of fused-ring (bicyclic) bond motifs is 2. The van der Waals surface area contributed by atoms with E-state index < -0.39 is 0 Å². The van der Waals surface area contributed by atoms with Crippen molar-refractivity contribution in [1.29, 1.82) is 0 Å². The van der Waals surface area contributed by atoms with Gasteiger partial charge in [0.15, 0.2) is 0 Å². The molecule has 1 aliphatic heterocycles. The van der Waals surface area contributed by atoms with Gasteiger partial charge >= 0.3 is 0 Å². The average Bonchev–Trinajstić information content (AvgIpc) is 3.02. The molecule has 6 nitrogen and oxygen atoms in total. The molecule has 0 atom stereocenters. The maximum atomic E-state index is 12.5. The molecule has 1 aliphatic rings. The van der Waals surface area contributed by atoms with Gasteiger partial charge in [0.2, 0.25) is 11.1 Å². The molecule has 7 heteroatoms. The molecule has 0 spiro atoms. The number of rotatable bonds is 3. The van der Waals surface area contributed by atoms with Gasteiger partial charge in [0, 0.05) is 24.5 Å². The summed E-state index contributed by atoms with van der Waals surface area (Å²) >= 11 is 1.37. The van der Waals surface area contributed by atoms with E-state index in [-0.39, 0.29) is 5.91 Å². The highest BCUT2D eigenvalue weighted by Gasteiger charge is 2.21. The van der Waals surface area contributed by atoms with Crippen molar-refractivity contribution in [3.05, 3.63) is 52.8 Å². The lowest BCUT2D eigenvalue weighted by Gasteiger charge is -2.28. The topological polar surface area (TPSA) is 63.4 Å². The van der Waals surface area contributed by atoms with Crippen LogP contribution in [0, 0.1) is 13.8 Å². The summed E-state index contributed by atoms with van der Waals surface area (Å²) in [5, 5.41) is 5.03. The third-order valence-electron chi connectivity index (χ3n) is 4.41. The van der Waals surface area contributed by atoms with Crippen LogP contribution in [0.2, 0.25) is 0 Å². The second kappa shape index (κ2) is 6.48. The van der Waals surface area contributed by atoms with E-state index in [9.17, 15) is 4.79 Å². The molecule has 1 amide bonds. The van der Waals surface area contributed by atoms with Crippen molar-refractivity contribution in [3.8, 4) is 0 Å². The number of amides is 1. The van der Waals surface area contributed by atoms with Crippen molar-refractivity contribution < 1.29 is 4.79 Å². The van der Waals surface area contributed by atoms with E-state index in [2.05, 4.69) is 33.3 Å². The Bertz CT molecular complexity index is 952. The predicted molar refractivity (Wildman–Crippen MR) is 96.5 cm³/mol. The highest BCUT2D eigenvalue weighted by molar-refractivity contribution is 7.99. The van der Waals surface area contributed by atoms with E-state index in [1.807, 2.05) is 30.9 Å². The molecule has 1 aromatic carbocycles. The van der Waals surface area contributed by atoms with Gasteiger partial charge in [0.1, 0.15) is 0 Å². The van der Waals surface area contributed by atoms with Gasteiger partial charge in [-0.05, 0) is 37.5 Å². The van der Waals surface area contributed by atoms with Gasteiger partial charge in [-0.2, -0.15) is 4.98 Å². The van der Waals surface area contributed by atoms with Crippen molar-refractivity contribution in [1.82, 2.24) is 24.5 Å². The summed E-state index contributed by atoms with van der Waals surface area (Å²) in [7, 11) is 0. The first kappa shape index (κ1) is 16.1. The lowest BCUT2D eigenvalue weighted by molar-refractivity contribution is -0.129. The van der Waals surface area contributed by atoms with Crippen molar-refractivity contribution in [2.24, 2.45) is 0 Å². The Balaban J connectivity index is 1.43. The number of benzene rings is 1. The number of carbonyl (C=O) groups is 1. The predicted octanol–water partition coefficient (Wildman–Crippen LogP) is 2.42. The number of hydrogen-bond donors (Lipinski definition) is 0. The summed E-state index contributed by atoms with van der Waals surface area (Å²) in [5.74, 6) is 1.05. The van der Waals surface area contributed by atoms with Crippen molar-refractivity contribution >= 4 is 23.4 Å². The Morgan fingerprint density at radius 2 is 2.00 bits per heavy atom. The smallest absolute Gasteiger partial charge is 0.253 e. The van der Waals surface area contributed by atoms with E-state index in [0.29, 0.717) is 23.2 Å². The molecule has 128 valence electrons.